The van der Waals surface area contributed by atoms with Crippen LogP contribution in [0.5, 0.6) is 0 Å². The molecule has 132 valence electrons. The van der Waals surface area contributed by atoms with Gasteiger partial charge in [-0.2, -0.15) is 0 Å². The lowest BCUT2D eigenvalue weighted by molar-refractivity contribution is -0.147. The van der Waals surface area contributed by atoms with Crippen molar-refractivity contribution >= 4 is 18.0 Å². The van der Waals surface area contributed by atoms with Crippen molar-refractivity contribution < 1.29 is 24.2 Å². The van der Waals surface area contributed by atoms with Crippen molar-refractivity contribution in [2.45, 2.75) is 77.5 Å². The second-order valence-electron chi connectivity index (χ2n) is 7.02. The van der Waals surface area contributed by atoms with Crippen LogP contribution in [0, 0.1) is 0 Å². The Kier molecular flexibility index (Phi) is 6.84. The molecule has 7 heteroatoms. The van der Waals surface area contributed by atoms with Gasteiger partial charge in [-0.3, -0.25) is 9.59 Å². The molecular weight excluding hydrogens is 300 g/mol. The number of nitrogens with zero attached hydrogens (tertiary/aromatic N) is 1. The van der Waals surface area contributed by atoms with E-state index in [1.807, 2.05) is 0 Å². The SMILES string of the molecule is C[C@H](NC(=O)OC(C)(C)C)C(=O)N(CC(=O)O)C1CCCCC1. The molecule has 0 aliphatic heterocycles. The number of carboxylic acid groups (broad SMARTS) is 1. The Morgan fingerprint density at radius 1 is 1.22 bits per heavy atom. The van der Waals surface area contributed by atoms with Crippen molar-refractivity contribution in [3.8, 4) is 0 Å². The Labute approximate surface area is 137 Å². The molecule has 0 aromatic carbocycles. The lowest BCUT2D eigenvalue weighted by Gasteiger charge is -2.35. The van der Waals surface area contributed by atoms with Crippen molar-refractivity contribution in [2.75, 3.05) is 6.54 Å². The molecule has 0 heterocycles. The summed E-state index contributed by atoms with van der Waals surface area (Å²) in [7, 11) is 0. The minimum atomic E-state index is -1.05. The van der Waals surface area contributed by atoms with Crippen LogP contribution in [-0.4, -0.2) is 52.2 Å². The molecule has 1 fully saturated rings. The van der Waals surface area contributed by atoms with Crippen molar-refractivity contribution in [3.05, 3.63) is 0 Å². The molecule has 0 saturated heterocycles. The van der Waals surface area contributed by atoms with Gasteiger partial charge in [0.2, 0.25) is 5.91 Å². The molecule has 2 amide bonds. The van der Waals surface area contributed by atoms with Gasteiger partial charge in [-0.25, -0.2) is 4.79 Å². The van der Waals surface area contributed by atoms with Gasteiger partial charge in [-0.15, -0.1) is 0 Å². The highest BCUT2D eigenvalue weighted by molar-refractivity contribution is 5.88. The number of hydrogen-bond donors (Lipinski definition) is 2. The third-order valence-corrected chi connectivity index (χ3v) is 3.71. The van der Waals surface area contributed by atoms with E-state index in [1.165, 1.54) is 4.90 Å². The van der Waals surface area contributed by atoms with Crippen LogP contribution in [0.25, 0.3) is 0 Å². The average Bonchev–Trinajstić information content (AvgIpc) is 2.42. The van der Waals surface area contributed by atoms with E-state index < -0.39 is 23.7 Å². The number of carbonyl (C=O) groups is 3. The summed E-state index contributed by atoms with van der Waals surface area (Å²) in [5.74, 6) is -1.43. The Hall–Kier alpha value is -1.79. The fourth-order valence-corrected chi connectivity index (χ4v) is 2.72. The number of carbonyl (C=O) groups excluding carboxylic acids is 2. The lowest BCUT2D eigenvalue weighted by atomic mass is 9.93. The molecule has 23 heavy (non-hydrogen) atoms. The minimum absolute atomic E-state index is 0.0739. The second kappa shape index (κ2) is 8.17. The first-order valence-electron chi connectivity index (χ1n) is 8.12. The normalized spacial score (nSPS) is 17.2. The summed E-state index contributed by atoms with van der Waals surface area (Å²) < 4.78 is 5.13. The van der Waals surface area contributed by atoms with Crippen LogP contribution in [-0.2, 0) is 14.3 Å². The van der Waals surface area contributed by atoms with E-state index in [4.69, 9.17) is 9.84 Å². The van der Waals surface area contributed by atoms with Crippen molar-refractivity contribution in [1.29, 1.82) is 0 Å². The van der Waals surface area contributed by atoms with E-state index in [0.717, 1.165) is 32.1 Å². The second-order valence-corrected chi connectivity index (χ2v) is 7.02. The number of amides is 2. The minimum Gasteiger partial charge on any atom is -0.480 e. The highest BCUT2D eigenvalue weighted by atomic mass is 16.6. The van der Waals surface area contributed by atoms with Crippen LogP contribution >= 0.6 is 0 Å². The molecule has 0 aromatic heterocycles. The van der Waals surface area contributed by atoms with Gasteiger partial charge in [0.05, 0.1) is 0 Å². The maximum atomic E-state index is 12.6. The van der Waals surface area contributed by atoms with Gasteiger partial charge in [-0.1, -0.05) is 19.3 Å². The molecule has 0 unspecified atom stereocenters. The highest BCUT2D eigenvalue weighted by Gasteiger charge is 2.31. The largest absolute Gasteiger partial charge is 0.480 e. The van der Waals surface area contributed by atoms with E-state index >= 15 is 0 Å². The van der Waals surface area contributed by atoms with Crippen LogP contribution in [0.2, 0.25) is 0 Å². The summed E-state index contributed by atoms with van der Waals surface area (Å²) in [5.41, 5.74) is -0.656. The van der Waals surface area contributed by atoms with Crippen molar-refractivity contribution in [1.82, 2.24) is 10.2 Å². The number of nitrogens with one attached hydrogen (secondary N) is 1. The molecule has 0 spiro atoms. The zero-order chi connectivity index (χ0) is 17.6. The van der Waals surface area contributed by atoms with Gasteiger partial charge in [0.15, 0.2) is 0 Å². The molecule has 2 N–H and O–H groups in total. The Morgan fingerprint density at radius 3 is 2.26 bits per heavy atom. The van der Waals surface area contributed by atoms with Crippen LogP contribution in [0.4, 0.5) is 4.79 Å². The van der Waals surface area contributed by atoms with E-state index in [9.17, 15) is 14.4 Å². The molecule has 1 saturated carbocycles. The first kappa shape index (κ1) is 19.3. The van der Waals surface area contributed by atoms with Crippen LogP contribution in [0.1, 0.15) is 59.8 Å². The standard InChI is InChI=1S/C16H28N2O5/c1-11(17-15(22)23-16(2,3)4)14(21)18(10-13(19)20)12-8-6-5-7-9-12/h11-12H,5-10H2,1-4H3,(H,17,22)(H,19,20)/t11-/m0/s1. The van der Waals surface area contributed by atoms with Crippen molar-refractivity contribution in [3.63, 3.8) is 0 Å². The molecular formula is C16H28N2O5. The number of hydrogen-bond acceptors (Lipinski definition) is 4. The molecule has 1 aliphatic rings. The molecule has 0 aromatic rings. The van der Waals surface area contributed by atoms with Gasteiger partial charge >= 0.3 is 12.1 Å². The topological polar surface area (TPSA) is 95.9 Å². The maximum Gasteiger partial charge on any atom is 0.408 e. The lowest BCUT2D eigenvalue weighted by Crippen LogP contribution is -2.53. The van der Waals surface area contributed by atoms with Crippen molar-refractivity contribution in [2.24, 2.45) is 0 Å². The Bertz CT molecular complexity index is 438. The van der Waals surface area contributed by atoms with Gasteiger partial charge in [-0.05, 0) is 40.5 Å². The quantitative estimate of drug-likeness (QED) is 0.806. The van der Waals surface area contributed by atoms with Crippen LogP contribution in [0.15, 0.2) is 0 Å². The fraction of sp³-hybridized carbons (Fsp3) is 0.812. The molecule has 0 bridgehead atoms. The third-order valence-electron chi connectivity index (χ3n) is 3.71. The zero-order valence-corrected chi connectivity index (χ0v) is 14.4. The molecule has 7 nitrogen and oxygen atoms in total. The van der Waals surface area contributed by atoms with Crippen LogP contribution in [0.3, 0.4) is 0 Å². The summed E-state index contributed by atoms with van der Waals surface area (Å²) >= 11 is 0. The fourth-order valence-electron chi connectivity index (χ4n) is 2.72. The van der Waals surface area contributed by atoms with Gasteiger partial charge in [0, 0.05) is 6.04 Å². The predicted molar refractivity (Wildman–Crippen MR) is 85.1 cm³/mol. The average molecular weight is 328 g/mol. The van der Waals surface area contributed by atoms with Crippen LogP contribution < -0.4 is 5.32 Å². The monoisotopic (exact) mass is 328 g/mol. The summed E-state index contributed by atoms with van der Waals surface area (Å²) in [5, 5.41) is 11.6. The van der Waals surface area contributed by atoms with E-state index in [-0.39, 0.29) is 18.5 Å². The first-order valence-corrected chi connectivity index (χ1v) is 8.12. The summed E-state index contributed by atoms with van der Waals surface area (Å²) in [6.07, 6.45) is 4.01. The van der Waals surface area contributed by atoms with Gasteiger partial charge in [0.1, 0.15) is 18.2 Å². The van der Waals surface area contributed by atoms with Gasteiger partial charge < -0.3 is 20.1 Å². The summed E-state index contributed by atoms with van der Waals surface area (Å²) in [6.45, 7) is 6.40. The summed E-state index contributed by atoms with van der Waals surface area (Å²) in [4.78, 5) is 36.8. The molecule has 1 aliphatic carbocycles. The van der Waals surface area contributed by atoms with E-state index in [1.54, 1.807) is 27.7 Å². The molecule has 0 radical (unpaired) electrons. The number of rotatable bonds is 5. The molecule has 1 rings (SSSR count). The maximum absolute atomic E-state index is 12.6. The van der Waals surface area contributed by atoms with Gasteiger partial charge in [0.25, 0.3) is 0 Å². The Balaban J connectivity index is 2.70. The van der Waals surface area contributed by atoms with E-state index in [2.05, 4.69) is 5.32 Å². The number of ether oxygens (including phenoxy) is 1. The highest BCUT2D eigenvalue weighted by Crippen LogP contribution is 2.23. The number of aliphatic carboxylic acids is 1. The zero-order valence-electron chi connectivity index (χ0n) is 14.4. The third kappa shape index (κ3) is 6.88. The smallest absolute Gasteiger partial charge is 0.408 e. The van der Waals surface area contributed by atoms with E-state index in [0.29, 0.717) is 0 Å². The number of alkyl carbamates (subject to hydrolysis) is 1. The molecule has 1 atom stereocenters. The Morgan fingerprint density at radius 2 is 1.78 bits per heavy atom. The predicted octanol–water partition coefficient (Wildman–Crippen LogP) is 2.15. The summed E-state index contributed by atoms with van der Waals surface area (Å²) in [6, 6.07) is -0.902. The first-order chi connectivity index (χ1) is 10.6. The number of carboxylic acids is 1.